The molecule has 0 heterocycles. The van der Waals surface area contributed by atoms with Crippen LogP contribution < -0.4 is 5.32 Å². The smallest absolute Gasteiger partial charge is 0.123 e. The molecule has 3 rings (SSSR count). The topological polar surface area (TPSA) is 12.0 Å². The van der Waals surface area contributed by atoms with Crippen LogP contribution in [0.15, 0.2) is 36.4 Å². The Morgan fingerprint density at radius 1 is 1.15 bits per heavy atom. The van der Waals surface area contributed by atoms with Crippen LogP contribution >= 0.6 is 11.6 Å². The van der Waals surface area contributed by atoms with E-state index in [1.165, 1.54) is 24.5 Å². The Balaban J connectivity index is 1.98. The zero-order valence-corrected chi connectivity index (χ0v) is 12.2. The Morgan fingerprint density at radius 2 is 1.95 bits per heavy atom. The van der Waals surface area contributed by atoms with E-state index in [2.05, 4.69) is 11.4 Å². The van der Waals surface area contributed by atoms with Gasteiger partial charge in [-0.3, -0.25) is 0 Å². The summed E-state index contributed by atoms with van der Waals surface area (Å²) >= 11 is 6.13. The second-order valence-electron chi connectivity index (χ2n) is 5.42. The zero-order chi connectivity index (χ0) is 14.1. The molecule has 1 fully saturated rings. The molecule has 1 aliphatic rings. The predicted octanol–water partition coefficient (Wildman–Crippen LogP) is 4.71. The maximum absolute atomic E-state index is 13.3. The van der Waals surface area contributed by atoms with Crippen molar-refractivity contribution in [3.05, 3.63) is 58.4 Å². The number of hydrogen-bond acceptors (Lipinski definition) is 1. The SMILES string of the molecule is Cc1cc(F)ccc1-c1cc(Cl)ccc1CNC1CC1. The van der Waals surface area contributed by atoms with Crippen molar-refractivity contribution in [3.63, 3.8) is 0 Å². The van der Waals surface area contributed by atoms with E-state index in [1.807, 2.05) is 25.1 Å². The van der Waals surface area contributed by atoms with Gasteiger partial charge in [0.2, 0.25) is 0 Å². The Bertz CT molecular complexity index is 635. The van der Waals surface area contributed by atoms with E-state index >= 15 is 0 Å². The second-order valence-corrected chi connectivity index (χ2v) is 5.85. The van der Waals surface area contributed by atoms with Gasteiger partial charge in [0.15, 0.2) is 0 Å². The molecule has 0 spiro atoms. The molecule has 1 nitrogen and oxygen atoms in total. The van der Waals surface area contributed by atoms with Crippen LogP contribution in [0.3, 0.4) is 0 Å². The molecule has 0 aliphatic heterocycles. The molecule has 2 aromatic carbocycles. The molecule has 0 aromatic heterocycles. The quantitative estimate of drug-likeness (QED) is 0.860. The van der Waals surface area contributed by atoms with E-state index in [0.29, 0.717) is 11.1 Å². The Morgan fingerprint density at radius 3 is 2.65 bits per heavy atom. The summed E-state index contributed by atoms with van der Waals surface area (Å²) in [5.74, 6) is -0.203. The summed E-state index contributed by atoms with van der Waals surface area (Å²) in [6, 6.07) is 11.5. The fourth-order valence-electron chi connectivity index (χ4n) is 2.42. The van der Waals surface area contributed by atoms with Crippen LogP contribution in [0, 0.1) is 12.7 Å². The van der Waals surface area contributed by atoms with E-state index in [1.54, 1.807) is 6.07 Å². The second kappa shape index (κ2) is 5.55. The number of halogens is 2. The standard InChI is InChI=1S/C17H17ClFN/c1-11-8-14(19)4-7-16(11)17-9-13(18)3-2-12(17)10-20-15-5-6-15/h2-4,7-9,15,20H,5-6,10H2,1H3. The first-order valence-corrected chi connectivity index (χ1v) is 7.29. The van der Waals surface area contributed by atoms with Crippen molar-refractivity contribution >= 4 is 11.6 Å². The first-order chi connectivity index (χ1) is 9.63. The largest absolute Gasteiger partial charge is 0.310 e. The van der Waals surface area contributed by atoms with Crippen molar-refractivity contribution in [1.82, 2.24) is 5.32 Å². The number of nitrogens with one attached hydrogen (secondary N) is 1. The fraction of sp³-hybridized carbons (Fsp3) is 0.294. The summed E-state index contributed by atoms with van der Waals surface area (Å²) in [5, 5.41) is 4.22. The molecular formula is C17H17ClFN. The molecule has 0 saturated heterocycles. The summed E-state index contributed by atoms with van der Waals surface area (Å²) in [7, 11) is 0. The maximum Gasteiger partial charge on any atom is 0.123 e. The molecule has 1 N–H and O–H groups in total. The highest BCUT2D eigenvalue weighted by atomic mass is 35.5. The highest BCUT2D eigenvalue weighted by Gasteiger charge is 2.20. The first-order valence-electron chi connectivity index (χ1n) is 6.92. The molecule has 20 heavy (non-hydrogen) atoms. The molecule has 0 amide bonds. The van der Waals surface area contributed by atoms with Crippen LogP contribution in [0.5, 0.6) is 0 Å². The highest BCUT2D eigenvalue weighted by molar-refractivity contribution is 6.30. The first kappa shape index (κ1) is 13.6. The predicted molar refractivity (Wildman–Crippen MR) is 81.4 cm³/mol. The van der Waals surface area contributed by atoms with Gasteiger partial charge in [-0.25, -0.2) is 4.39 Å². The van der Waals surface area contributed by atoms with Crippen molar-refractivity contribution in [2.75, 3.05) is 0 Å². The van der Waals surface area contributed by atoms with Crippen LogP contribution in [0.1, 0.15) is 24.0 Å². The lowest BCUT2D eigenvalue weighted by Crippen LogP contribution is -2.15. The van der Waals surface area contributed by atoms with Gasteiger partial charge in [-0.2, -0.15) is 0 Å². The van der Waals surface area contributed by atoms with Crippen LogP contribution in [-0.4, -0.2) is 6.04 Å². The molecule has 0 unspecified atom stereocenters. The number of aryl methyl sites for hydroxylation is 1. The molecule has 0 atom stereocenters. The number of rotatable bonds is 4. The van der Waals surface area contributed by atoms with Gasteiger partial charge in [0, 0.05) is 17.6 Å². The summed E-state index contributed by atoms with van der Waals surface area (Å²) in [6.45, 7) is 2.76. The molecule has 1 aliphatic carbocycles. The fourth-order valence-corrected chi connectivity index (χ4v) is 2.60. The molecule has 2 aromatic rings. The van der Waals surface area contributed by atoms with E-state index in [9.17, 15) is 4.39 Å². The van der Waals surface area contributed by atoms with Gasteiger partial charge < -0.3 is 5.32 Å². The summed E-state index contributed by atoms with van der Waals surface area (Å²) in [6.07, 6.45) is 2.52. The van der Waals surface area contributed by atoms with Crippen LogP contribution in [-0.2, 0) is 6.54 Å². The number of benzene rings is 2. The van der Waals surface area contributed by atoms with Crippen molar-refractivity contribution in [1.29, 1.82) is 0 Å². The van der Waals surface area contributed by atoms with Crippen molar-refractivity contribution in [3.8, 4) is 11.1 Å². The Kier molecular flexibility index (Phi) is 3.77. The van der Waals surface area contributed by atoms with Gasteiger partial charge in [-0.05, 0) is 66.3 Å². The summed E-state index contributed by atoms with van der Waals surface area (Å²) in [4.78, 5) is 0. The lowest BCUT2D eigenvalue weighted by Gasteiger charge is -2.13. The Hall–Kier alpha value is -1.38. The zero-order valence-electron chi connectivity index (χ0n) is 11.4. The van der Waals surface area contributed by atoms with Crippen molar-refractivity contribution in [2.24, 2.45) is 0 Å². The van der Waals surface area contributed by atoms with Crippen LogP contribution in [0.4, 0.5) is 4.39 Å². The molecular weight excluding hydrogens is 273 g/mol. The van der Waals surface area contributed by atoms with E-state index in [0.717, 1.165) is 23.2 Å². The maximum atomic E-state index is 13.3. The molecule has 104 valence electrons. The average Bonchev–Trinajstić information content (AvgIpc) is 3.21. The number of hydrogen-bond donors (Lipinski definition) is 1. The normalized spacial score (nSPS) is 14.6. The summed E-state index contributed by atoms with van der Waals surface area (Å²) in [5.41, 5.74) is 4.26. The molecule has 0 bridgehead atoms. The lowest BCUT2D eigenvalue weighted by atomic mass is 9.96. The minimum Gasteiger partial charge on any atom is -0.310 e. The summed E-state index contributed by atoms with van der Waals surface area (Å²) < 4.78 is 13.3. The average molecular weight is 290 g/mol. The lowest BCUT2D eigenvalue weighted by molar-refractivity contribution is 0.627. The minimum atomic E-state index is -0.203. The van der Waals surface area contributed by atoms with Crippen molar-refractivity contribution in [2.45, 2.75) is 32.4 Å². The van der Waals surface area contributed by atoms with Crippen molar-refractivity contribution < 1.29 is 4.39 Å². The van der Waals surface area contributed by atoms with E-state index < -0.39 is 0 Å². The van der Waals surface area contributed by atoms with E-state index in [4.69, 9.17) is 11.6 Å². The third kappa shape index (κ3) is 3.02. The Labute approximate surface area is 123 Å². The van der Waals surface area contributed by atoms with Gasteiger partial charge >= 0.3 is 0 Å². The molecule has 0 radical (unpaired) electrons. The molecule has 3 heteroatoms. The van der Waals surface area contributed by atoms with Gasteiger partial charge in [-0.1, -0.05) is 23.7 Å². The van der Waals surface area contributed by atoms with E-state index in [-0.39, 0.29) is 5.82 Å². The van der Waals surface area contributed by atoms with Gasteiger partial charge in [0.25, 0.3) is 0 Å². The van der Waals surface area contributed by atoms with Crippen LogP contribution in [0.2, 0.25) is 5.02 Å². The third-order valence-electron chi connectivity index (χ3n) is 3.71. The molecule has 1 saturated carbocycles. The third-order valence-corrected chi connectivity index (χ3v) is 3.94. The van der Waals surface area contributed by atoms with Gasteiger partial charge in [0.05, 0.1) is 0 Å². The van der Waals surface area contributed by atoms with Crippen LogP contribution in [0.25, 0.3) is 11.1 Å². The van der Waals surface area contributed by atoms with Gasteiger partial charge in [0.1, 0.15) is 5.82 Å². The monoisotopic (exact) mass is 289 g/mol. The van der Waals surface area contributed by atoms with Gasteiger partial charge in [-0.15, -0.1) is 0 Å². The minimum absolute atomic E-state index is 0.203. The highest BCUT2D eigenvalue weighted by Crippen LogP contribution is 2.30.